The Kier molecular flexibility index (Phi) is 9.16. The van der Waals surface area contributed by atoms with E-state index < -0.39 is 0 Å². The van der Waals surface area contributed by atoms with Crippen molar-refractivity contribution in [3.63, 3.8) is 0 Å². The van der Waals surface area contributed by atoms with Gasteiger partial charge in [-0.05, 0) is 48.4 Å². The van der Waals surface area contributed by atoms with E-state index in [2.05, 4.69) is 6.92 Å². The third kappa shape index (κ3) is 6.98. The van der Waals surface area contributed by atoms with Crippen LogP contribution in [0.1, 0.15) is 44.2 Å². The standard InChI is InChI=1S/C27H35NO5/c1-4-22-18-28(26(29)16-23(22)17-27(30)32-5-2)14-13-20-11-12-24(25(15-20)31-3)33-19-21-9-7-6-8-10-21/h6-12,15,22-23H,4-5,13-14,16-19H2,1-3H3/t22-,23+/m0/s1. The number of hydrogen-bond acceptors (Lipinski definition) is 5. The van der Waals surface area contributed by atoms with Gasteiger partial charge in [0, 0.05) is 25.9 Å². The van der Waals surface area contributed by atoms with E-state index in [1.165, 1.54) is 0 Å². The van der Waals surface area contributed by atoms with Crippen LogP contribution in [0.4, 0.5) is 0 Å². The van der Waals surface area contributed by atoms with E-state index in [4.69, 9.17) is 14.2 Å². The van der Waals surface area contributed by atoms with Crippen LogP contribution in [0.3, 0.4) is 0 Å². The molecule has 0 spiro atoms. The van der Waals surface area contributed by atoms with E-state index >= 15 is 0 Å². The Hall–Kier alpha value is -3.02. The summed E-state index contributed by atoms with van der Waals surface area (Å²) in [6.07, 6.45) is 2.41. The Balaban J connectivity index is 1.56. The van der Waals surface area contributed by atoms with Gasteiger partial charge >= 0.3 is 5.97 Å². The van der Waals surface area contributed by atoms with Crippen molar-refractivity contribution in [2.45, 2.75) is 46.1 Å². The highest BCUT2D eigenvalue weighted by molar-refractivity contribution is 5.78. The molecule has 1 saturated heterocycles. The second-order valence-corrected chi connectivity index (χ2v) is 8.49. The number of piperidine rings is 1. The summed E-state index contributed by atoms with van der Waals surface area (Å²) in [6.45, 7) is 6.12. The number of ether oxygens (including phenoxy) is 3. The van der Waals surface area contributed by atoms with Gasteiger partial charge in [-0.3, -0.25) is 9.59 Å². The van der Waals surface area contributed by atoms with Crippen molar-refractivity contribution in [2.75, 3.05) is 26.8 Å². The minimum atomic E-state index is -0.205. The third-order valence-electron chi connectivity index (χ3n) is 6.31. The van der Waals surface area contributed by atoms with Gasteiger partial charge in [-0.2, -0.15) is 0 Å². The molecular formula is C27H35NO5. The van der Waals surface area contributed by atoms with E-state index in [1.54, 1.807) is 14.0 Å². The zero-order chi connectivity index (χ0) is 23.6. The smallest absolute Gasteiger partial charge is 0.306 e. The third-order valence-corrected chi connectivity index (χ3v) is 6.31. The Morgan fingerprint density at radius 1 is 1.03 bits per heavy atom. The average Bonchev–Trinajstić information content (AvgIpc) is 2.83. The predicted molar refractivity (Wildman–Crippen MR) is 127 cm³/mol. The molecule has 0 aliphatic carbocycles. The van der Waals surface area contributed by atoms with Crippen LogP contribution in [0.15, 0.2) is 48.5 Å². The highest BCUT2D eigenvalue weighted by Gasteiger charge is 2.34. The quantitative estimate of drug-likeness (QED) is 0.464. The lowest BCUT2D eigenvalue weighted by molar-refractivity contribution is -0.147. The van der Waals surface area contributed by atoms with Gasteiger partial charge in [0.25, 0.3) is 0 Å². The molecule has 2 atom stereocenters. The fraction of sp³-hybridized carbons (Fsp3) is 0.481. The van der Waals surface area contributed by atoms with Gasteiger partial charge < -0.3 is 19.1 Å². The molecule has 0 aromatic heterocycles. The average molecular weight is 454 g/mol. The highest BCUT2D eigenvalue weighted by atomic mass is 16.5. The molecule has 0 bridgehead atoms. The molecule has 0 radical (unpaired) electrons. The summed E-state index contributed by atoms with van der Waals surface area (Å²) >= 11 is 0. The first kappa shape index (κ1) is 24.6. The molecule has 0 unspecified atom stereocenters. The van der Waals surface area contributed by atoms with Crippen LogP contribution in [0, 0.1) is 11.8 Å². The fourth-order valence-corrected chi connectivity index (χ4v) is 4.39. The SMILES string of the molecule is CCOC(=O)C[C@H]1CC(=O)N(CCc2ccc(OCc3ccccc3)c(OC)c2)C[C@@H]1CC. The predicted octanol–water partition coefficient (Wildman–Crippen LogP) is 4.64. The molecule has 1 fully saturated rings. The molecule has 178 valence electrons. The number of carbonyl (C=O) groups is 2. The Labute approximate surface area is 196 Å². The van der Waals surface area contributed by atoms with Gasteiger partial charge in [0.05, 0.1) is 13.7 Å². The normalized spacial score (nSPS) is 18.2. The van der Waals surface area contributed by atoms with Crippen molar-refractivity contribution in [2.24, 2.45) is 11.8 Å². The van der Waals surface area contributed by atoms with Crippen LogP contribution >= 0.6 is 0 Å². The summed E-state index contributed by atoms with van der Waals surface area (Å²) in [5.74, 6) is 1.68. The molecule has 2 aromatic carbocycles. The van der Waals surface area contributed by atoms with Crippen molar-refractivity contribution in [3.05, 3.63) is 59.7 Å². The minimum Gasteiger partial charge on any atom is -0.493 e. The van der Waals surface area contributed by atoms with Crippen LogP contribution in [0.5, 0.6) is 11.5 Å². The summed E-state index contributed by atoms with van der Waals surface area (Å²) < 4.78 is 16.6. The van der Waals surface area contributed by atoms with Crippen LogP contribution in [-0.4, -0.2) is 43.6 Å². The van der Waals surface area contributed by atoms with Crippen molar-refractivity contribution in [1.82, 2.24) is 4.90 Å². The van der Waals surface area contributed by atoms with E-state index in [-0.39, 0.29) is 17.8 Å². The van der Waals surface area contributed by atoms with Crippen LogP contribution in [0.2, 0.25) is 0 Å². The maximum Gasteiger partial charge on any atom is 0.306 e. The molecule has 1 amide bonds. The first-order valence-electron chi connectivity index (χ1n) is 11.8. The number of esters is 1. The first-order valence-corrected chi connectivity index (χ1v) is 11.8. The summed E-state index contributed by atoms with van der Waals surface area (Å²) in [7, 11) is 1.64. The monoisotopic (exact) mass is 453 g/mol. The number of hydrogen-bond donors (Lipinski definition) is 0. The van der Waals surface area contributed by atoms with E-state index in [0.29, 0.717) is 56.6 Å². The van der Waals surface area contributed by atoms with Crippen molar-refractivity contribution in [1.29, 1.82) is 0 Å². The lowest BCUT2D eigenvalue weighted by atomic mass is 9.81. The molecule has 6 nitrogen and oxygen atoms in total. The lowest BCUT2D eigenvalue weighted by Gasteiger charge is -2.37. The van der Waals surface area contributed by atoms with Gasteiger partial charge in [0.1, 0.15) is 6.61 Å². The Morgan fingerprint density at radius 2 is 1.82 bits per heavy atom. The van der Waals surface area contributed by atoms with Crippen LogP contribution in [-0.2, 0) is 27.4 Å². The topological polar surface area (TPSA) is 65.1 Å². The van der Waals surface area contributed by atoms with E-state index in [0.717, 1.165) is 24.0 Å². The maximum atomic E-state index is 12.8. The van der Waals surface area contributed by atoms with Crippen molar-refractivity contribution in [3.8, 4) is 11.5 Å². The molecule has 3 rings (SSSR count). The van der Waals surface area contributed by atoms with E-state index in [9.17, 15) is 9.59 Å². The molecule has 1 aliphatic rings. The van der Waals surface area contributed by atoms with Gasteiger partial charge in [-0.25, -0.2) is 0 Å². The second-order valence-electron chi connectivity index (χ2n) is 8.49. The molecule has 0 N–H and O–H groups in total. The fourth-order valence-electron chi connectivity index (χ4n) is 4.39. The molecule has 6 heteroatoms. The molecule has 0 saturated carbocycles. The summed E-state index contributed by atoms with van der Waals surface area (Å²) in [5.41, 5.74) is 2.19. The van der Waals surface area contributed by atoms with Crippen molar-refractivity contribution >= 4 is 11.9 Å². The Morgan fingerprint density at radius 3 is 2.52 bits per heavy atom. The number of amides is 1. The van der Waals surface area contributed by atoms with Gasteiger partial charge in [-0.1, -0.05) is 49.7 Å². The molecule has 1 aliphatic heterocycles. The molecule has 33 heavy (non-hydrogen) atoms. The van der Waals surface area contributed by atoms with Gasteiger partial charge in [0.15, 0.2) is 11.5 Å². The molecular weight excluding hydrogens is 418 g/mol. The van der Waals surface area contributed by atoms with Crippen LogP contribution < -0.4 is 9.47 Å². The number of methoxy groups -OCH3 is 1. The first-order chi connectivity index (χ1) is 16.0. The summed E-state index contributed by atoms with van der Waals surface area (Å²) in [5, 5.41) is 0. The van der Waals surface area contributed by atoms with Gasteiger partial charge in [0.2, 0.25) is 5.91 Å². The summed E-state index contributed by atoms with van der Waals surface area (Å²) in [6, 6.07) is 15.9. The maximum absolute atomic E-state index is 12.8. The number of nitrogens with zero attached hydrogens (tertiary/aromatic N) is 1. The number of likely N-dealkylation sites (tertiary alicyclic amines) is 1. The van der Waals surface area contributed by atoms with Crippen LogP contribution in [0.25, 0.3) is 0 Å². The second kappa shape index (κ2) is 12.3. The minimum absolute atomic E-state index is 0.0685. The molecule has 2 aromatic rings. The molecule has 1 heterocycles. The van der Waals surface area contributed by atoms with E-state index in [1.807, 2.05) is 53.4 Å². The number of rotatable bonds is 11. The zero-order valence-electron chi connectivity index (χ0n) is 19.9. The highest BCUT2D eigenvalue weighted by Crippen LogP contribution is 2.31. The number of benzene rings is 2. The largest absolute Gasteiger partial charge is 0.493 e. The summed E-state index contributed by atoms with van der Waals surface area (Å²) in [4.78, 5) is 26.6. The Bertz CT molecular complexity index is 914. The van der Waals surface area contributed by atoms with Gasteiger partial charge in [-0.15, -0.1) is 0 Å². The van der Waals surface area contributed by atoms with Crippen molar-refractivity contribution < 1.29 is 23.8 Å². The lowest BCUT2D eigenvalue weighted by Crippen LogP contribution is -2.45. The number of carbonyl (C=O) groups excluding carboxylic acids is 2. The zero-order valence-corrected chi connectivity index (χ0v) is 19.9.